The van der Waals surface area contributed by atoms with Crippen molar-refractivity contribution in [3.63, 3.8) is 0 Å². The maximum atomic E-state index is 12.3. The van der Waals surface area contributed by atoms with E-state index in [1.165, 1.54) is 0 Å². The minimum atomic E-state index is -1.16. The topological polar surface area (TPSA) is 61.8 Å². The van der Waals surface area contributed by atoms with Gasteiger partial charge in [0.25, 0.3) is 0 Å². The summed E-state index contributed by atoms with van der Waals surface area (Å²) < 4.78 is 15.2. The van der Waals surface area contributed by atoms with Gasteiger partial charge >= 0.3 is 11.9 Å². The lowest BCUT2D eigenvalue weighted by molar-refractivity contribution is -0.173. The Hall–Kier alpha value is -1.10. The number of esters is 2. The van der Waals surface area contributed by atoms with E-state index in [9.17, 15) is 9.59 Å². The quantitative estimate of drug-likeness (QED) is 0.332. The molecule has 0 saturated carbocycles. The fourth-order valence-electron chi connectivity index (χ4n) is 2.26. The maximum Gasteiger partial charge on any atom is 0.323 e. The van der Waals surface area contributed by atoms with Gasteiger partial charge in [0.15, 0.2) is 5.41 Å². The smallest absolute Gasteiger partial charge is 0.323 e. The molecule has 0 heterocycles. The summed E-state index contributed by atoms with van der Waals surface area (Å²) in [4.78, 5) is 24.6. The number of hydrogen-bond donors (Lipinski definition) is 0. The number of rotatable bonds is 11. The van der Waals surface area contributed by atoms with E-state index in [2.05, 4.69) is 0 Å². The number of carbonyl (C=O) groups is 2. The summed E-state index contributed by atoms with van der Waals surface area (Å²) >= 11 is 0. The molecule has 20 heavy (non-hydrogen) atoms. The van der Waals surface area contributed by atoms with E-state index in [4.69, 9.17) is 14.2 Å². The van der Waals surface area contributed by atoms with Crippen LogP contribution in [0.25, 0.3) is 0 Å². The molecule has 5 nitrogen and oxygen atoms in total. The minimum absolute atomic E-state index is 0.266. The summed E-state index contributed by atoms with van der Waals surface area (Å²) in [6, 6.07) is 0. The monoisotopic (exact) mass is 288 g/mol. The standard InChI is InChI=1S/C15H28O5/c1-5-10-15(13(16)19-6-2,14(17)20-7-3)11-8-9-12-18-4/h5-12H2,1-4H3. The van der Waals surface area contributed by atoms with Gasteiger partial charge in [-0.1, -0.05) is 13.3 Å². The van der Waals surface area contributed by atoms with E-state index in [0.29, 0.717) is 19.4 Å². The largest absolute Gasteiger partial charge is 0.465 e. The Kier molecular flexibility index (Phi) is 10.1. The molecule has 0 aliphatic rings. The summed E-state index contributed by atoms with van der Waals surface area (Å²) in [5, 5.41) is 0. The van der Waals surface area contributed by atoms with Crippen LogP contribution in [0.15, 0.2) is 0 Å². The molecule has 0 spiro atoms. The Balaban J connectivity index is 5.00. The third-order valence-electron chi connectivity index (χ3n) is 3.21. The maximum absolute atomic E-state index is 12.3. The number of methoxy groups -OCH3 is 1. The van der Waals surface area contributed by atoms with E-state index < -0.39 is 17.4 Å². The molecule has 0 saturated heterocycles. The second-order valence-electron chi connectivity index (χ2n) is 4.72. The lowest BCUT2D eigenvalue weighted by atomic mass is 9.78. The van der Waals surface area contributed by atoms with Crippen LogP contribution in [0, 0.1) is 5.41 Å². The SMILES string of the molecule is CCCC(CCCCOC)(C(=O)OCC)C(=O)OCC. The van der Waals surface area contributed by atoms with E-state index in [-0.39, 0.29) is 13.2 Å². The van der Waals surface area contributed by atoms with Crippen LogP contribution >= 0.6 is 0 Å². The zero-order chi connectivity index (χ0) is 15.4. The molecule has 0 bridgehead atoms. The van der Waals surface area contributed by atoms with Gasteiger partial charge in [-0.05, 0) is 39.5 Å². The molecule has 0 fully saturated rings. The van der Waals surface area contributed by atoms with Gasteiger partial charge in [0, 0.05) is 13.7 Å². The van der Waals surface area contributed by atoms with E-state index in [0.717, 1.165) is 19.3 Å². The molecular formula is C15H28O5. The van der Waals surface area contributed by atoms with Crippen LogP contribution in [0.3, 0.4) is 0 Å². The molecule has 0 unspecified atom stereocenters. The Morgan fingerprint density at radius 1 is 0.900 bits per heavy atom. The first-order valence-electron chi connectivity index (χ1n) is 7.42. The molecule has 0 N–H and O–H groups in total. The summed E-state index contributed by atoms with van der Waals surface area (Å²) in [5.41, 5.74) is -1.16. The lowest BCUT2D eigenvalue weighted by Crippen LogP contribution is -2.42. The molecule has 0 rings (SSSR count). The van der Waals surface area contributed by atoms with Gasteiger partial charge in [0.2, 0.25) is 0 Å². The predicted octanol–water partition coefficient (Wildman–Crippen LogP) is 2.72. The van der Waals surface area contributed by atoms with Crippen molar-refractivity contribution in [3.8, 4) is 0 Å². The highest BCUT2D eigenvalue weighted by Crippen LogP contribution is 2.34. The first-order valence-corrected chi connectivity index (χ1v) is 7.42. The average Bonchev–Trinajstić information content (AvgIpc) is 2.42. The van der Waals surface area contributed by atoms with Crippen molar-refractivity contribution in [1.82, 2.24) is 0 Å². The molecule has 0 aromatic rings. The van der Waals surface area contributed by atoms with Crippen LogP contribution in [0.2, 0.25) is 0 Å². The minimum Gasteiger partial charge on any atom is -0.465 e. The molecule has 0 radical (unpaired) electrons. The van der Waals surface area contributed by atoms with E-state index in [1.807, 2.05) is 6.92 Å². The second-order valence-corrected chi connectivity index (χ2v) is 4.72. The summed E-state index contributed by atoms with van der Waals surface area (Å²) in [5.74, 6) is -0.921. The first kappa shape index (κ1) is 18.9. The Labute approximate surface area is 122 Å². The third kappa shape index (κ3) is 5.49. The first-order chi connectivity index (χ1) is 9.58. The summed E-state index contributed by atoms with van der Waals surface area (Å²) in [6.07, 6.45) is 3.16. The average molecular weight is 288 g/mol. The second kappa shape index (κ2) is 10.7. The van der Waals surface area contributed by atoms with Crippen LogP contribution in [0.5, 0.6) is 0 Å². The zero-order valence-electron chi connectivity index (χ0n) is 13.2. The van der Waals surface area contributed by atoms with E-state index >= 15 is 0 Å². The van der Waals surface area contributed by atoms with Crippen molar-refractivity contribution in [2.45, 2.75) is 52.9 Å². The summed E-state index contributed by atoms with van der Waals surface area (Å²) in [6.45, 7) is 6.58. The van der Waals surface area contributed by atoms with Crippen LogP contribution in [-0.2, 0) is 23.8 Å². The number of carbonyl (C=O) groups excluding carboxylic acids is 2. The van der Waals surface area contributed by atoms with Crippen molar-refractivity contribution in [2.75, 3.05) is 26.9 Å². The van der Waals surface area contributed by atoms with Crippen molar-refractivity contribution in [1.29, 1.82) is 0 Å². The molecular weight excluding hydrogens is 260 g/mol. The fourth-order valence-corrected chi connectivity index (χ4v) is 2.26. The van der Waals surface area contributed by atoms with Gasteiger partial charge in [-0.3, -0.25) is 9.59 Å². The van der Waals surface area contributed by atoms with Gasteiger partial charge in [0.1, 0.15) is 0 Å². The summed E-state index contributed by atoms with van der Waals surface area (Å²) in [7, 11) is 1.63. The highest BCUT2D eigenvalue weighted by Gasteiger charge is 2.47. The normalized spacial score (nSPS) is 11.2. The zero-order valence-corrected chi connectivity index (χ0v) is 13.2. The van der Waals surface area contributed by atoms with Crippen molar-refractivity contribution >= 4 is 11.9 Å². The number of unbranched alkanes of at least 4 members (excludes halogenated alkanes) is 1. The third-order valence-corrected chi connectivity index (χ3v) is 3.21. The van der Waals surface area contributed by atoms with Crippen LogP contribution in [-0.4, -0.2) is 38.9 Å². The predicted molar refractivity (Wildman–Crippen MR) is 76.3 cm³/mol. The molecule has 0 atom stereocenters. The molecule has 118 valence electrons. The van der Waals surface area contributed by atoms with Gasteiger partial charge in [0.05, 0.1) is 13.2 Å². The van der Waals surface area contributed by atoms with Gasteiger partial charge in [-0.15, -0.1) is 0 Å². The van der Waals surface area contributed by atoms with Gasteiger partial charge in [-0.25, -0.2) is 0 Å². The van der Waals surface area contributed by atoms with Crippen LogP contribution in [0.4, 0.5) is 0 Å². The number of ether oxygens (including phenoxy) is 3. The molecule has 0 amide bonds. The molecule has 0 aliphatic carbocycles. The highest BCUT2D eigenvalue weighted by molar-refractivity contribution is 6.00. The molecule has 0 aliphatic heterocycles. The fraction of sp³-hybridized carbons (Fsp3) is 0.867. The highest BCUT2D eigenvalue weighted by atomic mass is 16.6. The van der Waals surface area contributed by atoms with Crippen molar-refractivity contribution < 1.29 is 23.8 Å². The van der Waals surface area contributed by atoms with Crippen molar-refractivity contribution in [3.05, 3.63) is 0 Å². The molecule has 5 heteroatoms. The molecule has 0 aromatic carbocycles. The Bertz CT molecular complexity index is 270. The Morgan fingerprint density at radius 2 is 1.45 bits per heavy atom. The van der Waals surface area contributed by atoms with Gasteiger partial charge in [-0.2, -0.15) is 0 Å². The molecule has 0 aromatic heterocycles. The van der Waals surface area contributed by atoms with Crippen molar-refractivity contribution in [2.24, 2.45) is 5.41 Å². The van der Waals surface area contributed by atoms with Crippen LogP contribution in [0.1, 0.15) is 52.9 Å². The van der Waals surface area contributed by atoms with Gasteiger partial charge < -0.3 is 14.2 Å². The lowest BCUT2D eigenvalue weighted by Gasteiger charge is -2.28. The number of hydrogen-bond acceptors (Lipinski definition) is 5. The van der Waals surface area contributed by atoms with Crippen LogP contribution < -0.4 is 0 Å². The Morgan fingerprint density at radius 3 is 1.85 bits per heavy atom. The van der Waals surface area contributed by atoms with E-state index in [1.54, 1.807) is 21.0 Å².